The maximum absolute atomic E-state index is 13.0. The minimum atomic E-state index is 0.0116. The van der Waals surface area contributed by atoms with E-state index in [-0.39, 0.29) is 18.2 Å². The fourth-order valence-electron chi connectivity index (χ4n) is 3.19. The van der Waals surface area contributed by atoms with Gasteiger partial charge in [0.15, 0.2) is 5.16 Å². The first-order valence-corrected chi connectivity index (χ1v) is 9.49. The van der Waals surface area contributed by atoms with Crippen LogP contribution in [0, 0.1) is 0 Å². The standard InChI is InChI=1S/C17H23N3O3S/c1-22-7-8-23-11-13-9-12-10-18-17(24-2)19-15(12)20(16(13)21)14-5-3-4-6-14/h9-10,14H,3-8,11H2,1-2H3. The quantitative estimate of drug-likeness (QED) is 0.435. The number of hydrogen-bond donors (Lipinski definition) is 0. The average molecular weight is 349 g/mol. The van der Waals surface area contributed by atoms with E-state index in [2.05, 4.69) is 9.97 Å². The highest BCUT2D eigenvalue weighted by Gasteiger charge is 2.22. The highest BCUT2D eigenvalue weighted by atomic mass is 32.2. The fraction of sp³-hybridized carbons (Fsp3) is 0.588. The molecule has 1 aliphatic carbocycles. The SMILES string of the molecule is COCCOCc1cc2cnc(SC)nc2n(C2CCCC2)c1=O. The van der Waals surface area contributed by atoms with E-state index in [0.29, 0.717) is 23.9 Å². The molecule has 0 radical (unpaired) electrons. The normalized spacial score (nSPS) is 15.4. The maximum atomic E-state index is 13.0. The van der Waals surface area contributed by atoms with Gasteiger partial charge in [0.25, 0.3) is 5.56 Å². The Bertz CT molecular complexity index is 757. The van der Waals surface area contributed by atoms with E-state index < -0.39 is 0 Å². The third-order valence-corrected chi connectivity index (χ3v) is 4.95. The summed E-state index contributed by atoms with van der Waals surface area (Å²) in [5.74, 6) is 0. The molecule has 0 atom stereocenters. The largest absolute Gasteiger partial charge is 0.382 e. The van der Waals surface area contributed by atoms with Crippen LogP contribution in [0.4, 0.5) is 0 Å². The number of methoxy groups -OCH3 is 1. The van der Waals surface area contributed by atoms with Crippen LogP contribution >= 0.6 is 11.8 Å². The molecule has 0 saturated heterocycles. The molecule has 6 nitrogen and oxygen atoms in total. The van der Waals surface area contributed by atoms with E-state index >= 15 is 0 Å². The van der Waals surface area contributed by atoms with E-state index in [1.165, 1.54) is 11.8 Å². The number of ether oxygens (including phenoxy) is 2. The molecular weight excluding hydrogens is 326 g/mol. The second-order valence-corrected chi connectivity index (χ2v) is 6.74. The lowest BCUT2D eigenvalue weighted by molar-refractivity contribution is 0.0610. The Balaban J connectivity index is 2.03. The number of rotatable bonds is 7. The molecule has 0 aromatic carbocycles. The third kappa shape index (κ3) is 3.63. The lowest BCUT2D eigenvalue weighted by Crippen LogP contribution is -2.28. The predicted molar refractivity (Wildman–Crippen MR) is 94.6 cm³/mol. The molecule has 2 heterocycles. The molecule has 1 saturated carbocycles. The Kier molecular flexibility index (Phi) is 5.86. The zero-order valence-electron chi connectivity index (χ0n) is 14.2. The van der Waals surface area contributed by atoms with Gasteiger partial charge in [-0.15, -0.1) is 0 Å². The molecule has 0 bridgehead atoms. The molecule has 0 N–H and O–H groups in total. The molecule has 0 aliphatic heterocycles. The van der Waals surface area contributed by atoms with Crippen LogP contribution in [0.1, 0.15) is 37.3 Å². The molecule has 130 valence electrons. The molecule has 7 heteroatoms. The van der Waals surface area contributed by atoms with Crippen molar-refractivity contribution >= 4 is 22.8 Å². The van der Waals surface area contributed by atoms with Gasteiger partial charge in [-0.1, -0.05) is 24.6 Å². The van der Waals surface area contributed by atoms with Gasteiger partial charge in [-0.05, 0) is 25.2 Å². The molecule has 24 heavy (non-hydrogen) atoms. The summed E-state index contributed by atoms with van der Waals surface area (Å²) in [6.45, 7) is 1.28. The van der Waals surface area contributed by atoms with Crippen LogP contribution in [0.3, 0.4) is 0 Å². The summed E-state index contributed by atoms with van der Waals surface area (Å²) in [7, 11) is 1.63. The van der Waals surface area contributed by atoms with Crippen LogP contribution < -0.4 is 5.56 Å². The van der Waals surface area contributed by atoms with Crippen LogP contribution in [-0.4, -0.2) is 41.1 Å². The summed E-state index contributed by atoms with van der Waals surface area (Å²) < 4.78 is 12.4. The van der Waals surface area contributed by atoms with Crippen molar-refractivity contribution in [2.24, 2.45) is 0 Å². The molecule has 1 aliphatic rings. The zero-order chi connectivity index (χ0) is 16.9. The Hall–Kier alpha value is -1.44. The summed E-state index contributed by atoms with van der Waals surface area (Å²) >= 11 is 1.49. The Morgan fingerprint density at radius 3 is 2.83 bits per heavy atom. The van der Waals surface area contributed by atoms with Crippen LogP contribution in [0.2, 0.25) is 0 Å². The second kappa shape index (κ2) is 8.09. The summed E-state index contributed by atoms with van der Waals surface area (Å²) in [5, 5.41) is 1.59. The van der Waals surface area contributed by atoms with Gasteiger partial charge in [0.2, 0.25) is 0 Å². The fourth-order valence-corrected chi connectivity index (χ4v) is 3.52. The Morgan fingerprint density at radius 2 is 2.12 bits per heavy atom. The minimum Gasteiger partial charge on any atom is -0.382 e. The molecular formula is C17H23N3O3S. The monoisotopic (exact) mass is 349 g/mol. The summed E-state index contributed by atoms with van der Waals surface area (Å²) in [4.78, 5) is 22.0. The van der Waals surface area contributed by atoms with Crippen molar-refractivity contribution in [1.82, 2.24) is 14.5 Å². The minimum absolute atomic E-state index is 0.0116. The van der Waals surface area contributed by atoms with Crippen molar-refractivity contribution in [2.45, 2.75) is 43.5 Å². The number of fused-ring (bicyclic) bond motifs is 1. The summed E-state index contributed by atoms with van der Waals surface area (Å²) in [5.41, 5.74) is 1.41. The van der Waals surface area contributed by atoms with Gasteiger partial charge in [-0.3, -0.25) is 9.36 Å². The number of hydrogen-bond acceptors (Lipinski definition) is 6. The van der Waals surface area contributed by atoms with Gasteiger partial charge in [0, 0.05) is 30.3 Å². The van der Waals surface area contributed by atoms with E-state index in [0.717, 1.165) is 36.7 Å². The van der Waals surface area contributed by atoms with Crippen LogP contribution in [0.25, 0.3) is 11.0 Å². The van der Waals surface area contributed by atoms with Crippen molar-refractivity contribution in [2.75, 3.05) is 26.6 Å². The van der Waals surface area contributed by atoms with Crippen molar-refractivity contribution in [3.8, 4) is 0 Å². The number of pyridine rings is 1. The maximum Gasteiger partial charge on any atom is 0.258 e. The van der Waals surface area contributed by atoms with Crippen molar-refractivity contribution in [3.63, 3.8) is 0 Å². The van der Waals surface area contributed by atoms with Crippen LogP contribution in [0.5, 0.6) is 0 Å². The average Bonchev–Trinajstić information content (AvgIpc) is 3.12. The van der Waals surface area contributed by atoms with E-state index in [1.807, 2.05) is 16.9 Å². The van der Waals surface area contributed by atoms with Crippen molar-refractivity contribution in [3.05, 3.63) is 28.2 Å². The Morgan fingerprint density at radius 1 is 1.33 bits per heavy atom. The van der Waals surface area contributed by atoms with Crippen LogP contribution in [0.15, 0.2) is 22.2 Å². The first kappa shape index (κ1) is 17.4. The number of thioether (sulfide) groups is 1. The van der Waals surface area contributed by atoms with Gasteiger partial charge < -0.3 is 9.47 Å². The van der Waals surface area contributed by atoms with Gasteiger partial charge in [-0.25, -0.2) is 9.97 Å². The van der Waals surface area contributed by atoms with E-state index in [9.17, 15) is 4.79 Å². The molecule has 3 rings (SSSR count). The number of nitrogens with zero attached hydrogens (tertiary/aromatic N) is 3. The smallest absolute Gasteiger partial charge is 0.258 e. The summed E-state index contributed by atoms with van der Waals surface area (Å²) in [6.07, 6.45) is 8.12. The highest BCUT2D eigenvalue weighted by molar-refractivity contribution is 7.98. The third-order valence-electron chi connectivity index (χ3n) is 4.39. The molecule has 1 fully saturated rings. The second-order valence-electron chi connectivity index (χ2n) is 5.96. The summed E-state index contributed by atoms with van der Waals surface area (Å²) in [6, 6.07) is 2.09. The van der Waals surface area contributed by atoms with Gasteiger partial charge in [-0.2, -0.15) is 0 Å². The van der Waals surface area contributed by atoms with E-state index in [1.54, 1.807) is 13.3 Å². The predicted octanol–water partition coefficient (Wildman–Crippen LogP) is 2.79. The Labute approximate surface area is 145 Å². The molecule has 0 amide bonds. The molecule has 2 aromatic rings. The van der Waals surface area contributed by atoms with Crippen molar-refractivity contribution < 1.29 is 9.47 Å². The van der Waals surface area contributed by atoms with Crippen LogP contribution in [-0.2, 0) is 16.1 Å². The lowest BCUT2D eigenvalue weighted by Gasteiger charge is -2.18. The van der Waals surface area contributed by atoms with Crippen molar-refractivity contribution in [1.29, 1.82) is 0 Å². The highest BCUT2D eigenvalue weighted by Crippen LogP contribution is 2.30. The first-order chi connectivity index (χ1) is 11.7. The molecule has 0 spiro atoms. The number of aromatic nitrogens is 3. The van der Waals surface area contributed by atoms with Gasteiger partial charge in [0.1, 0.15) is 5.65 Å². The van der Waals surface area contributed by atoms with Gasteiger partial charge >= 0.3 is 0 Å². The molecule has 2 aromatic heterocycles. The van der Waals surface area contributed by atoms with Gasteiger partial charge in [0.05, 0.1) is 19.8 Å². The first-order valence-electron chi connectivity index (χ1n) is 8.26. The van der Waals surface area contributed by atoms with E-state index in [4.69, 9.17) is 9.47 Å². The topological polar surface area (TPSA) is 66.2 Å². The lowest BCUT2D eigenvalue weighted by atomic mass is 10.2. The zero-order valence-corrected chi connectivity index (χ0v) is 15.0. The molecule has 0 unspecified atom stereocenters.